The molecule has 0 bridgehead atoms. The van der Waals surface area contributed by atoms with E-state index in [2.05, 4.69) is 27.7 Å². The fourth-order valence-corrected chi connectivity index (χ4v) is 2.78. The third-order valence-corrected chi connectivity index (χ3v) is 3.89. The molecule has 0 nitrogen and oxygen atoms in total. The summed E-state index contributed by atoms with van der Waals surface area (Å²) in [7, 11) is 0. The topological polar surface area (TPSA) is 0 Å². The number of hydrogen-bond acceptors (Lipinski definition) is 0. The molecule has 0 fully saturated rings. The smallest absolute Gasteiger partial charge is 0.343 e. The molecule has 0 atom stereocenters. The number of rotatable bonds is 11. The van der Waals surface area contributed by atoms with Crippen LogP contribution in [0.25, 0.3) is 0 Å². The van der Waals surface area contributed by atoms with Gasteiger partial charge < -0.3 is 6.92 Å². The number of unbranched alkanes of at least 4 members (excludes halogenated alkanes) is 3. The van der Waals surface area contributed by atoms with Crippen LogP contribution in [0.5, 0.6) is 0 Å². The molecular weight excluding hydrogens is 199 g/mol. The van der Waals surface area contributed by atoms with Gasteiger partial charge in [-0.15, -0.1) is 0 Å². The summed E-state index contributed by atoms with van der Waals surface area (Å²) in [6, 6.07) is 0. The summed E-state index contributed by atoms with van der Waals surface area (Å²) in [6.45, 7) is 11.0. The summed E-state index contributed by atoms with van der Waals surface area (Å²) >= 11 is 0. The van der Waals surface area contributed by atoms with E-state index < -0.39 is 0 Å². The van der Waals surface area contributed by atoms with Crippen LogP contribution >= 0.6 is 0 Å². The maximum Gasteiger partial charge on any atom is 1.00 e. The molecule has 0 rings (SSSR count). The van der Waals surface area contributed by atoms with Gasteiger partial charge in [-0.25, -0.2) is 0 Å². The molecule has 0 aliphatic carbocycles. The molecule has 17 heavy (non-hydrogen) atoms. The molecule has 0 aromatic rings. The Labute approximate surface area is 123 Å². The van der Waals surface area contributed by atoms with E-state index in [4.69, 9.17) is 0 Å². The number of hydrogen-bond donors (Lipinski definition) is 0. The minimum absolute atomic E-state index is 0. The quantitative estimate of drug-likeness (QED) is 0.379. The van der Waals surface area contributed by atoms with E-state index in [9.17, 15) is 0 Å². The van der Waals surface area contributed by atoms with Crippen molar-refractivity contribution in [2.45, 2.75) is 91.4 Å². The van der Waals surface area contributed by atoms with Crippen molar-refractivity contribution in [3.63, 3.8) is 0 Å². The second-order valence-corrected chi connectivity index (χ2v) is 5.41. The van der Waals surface area contributed by atoms with Crippen LogP contribution in [0.15, 0.2) is 0 Å². The maximum atomic E-state index is 4.09. The van der Waals surface area contributed by atoms with Gasteiger partial charge in [0.25, 0.3) is 0 Å². The van der Waals surface area contributed by atoms with E-state index in [1.54, 1.807) is 0 Å². The second-order valence-electron chi connectivity index (χ2n) is 5.41. The Morgan fingerprint density at radius 1 is 0.706 bits per heavy atom. The van der Waals surface area contributed by atoms with E-state index in [1.807, 2.05) is 0 Å². The SMILES string of the molecule is [CH2-]CCC(CCCC)(CCCC)CCCC.[Li+]. The molecule has 0 saturated heterocycles. The molecule has 1 heteroatoms. The summed E-state index contributed by atoms with van der Waals surface area (Å²) in [5.74, 6) is 0. The molecule has 0 unspecified atom stereocenters. The van der Waals surface area contributed by atoms with Gasteiger partial charge in [0.2, 0.25) is 0 Å². The van der Waals surface area contributed by atoms with Gasteiger partial charge in [-0.3, -0.25) is 0 Å². The summed E-state index contributed by atoms with van der Waals surface area (Å²) in [5, 5.41) is 0. The van der Waals surface area contributed by atoms with Crippen molar-refractivity contribution in [2.24, 2.45) is 5.41 Å². The van der Waals surface area contributed by atoms with Crippen LogP contribution in [-0.2, 0) is 0 Å². The summed E-state index contributed by atoms with van der Waals surface area (Å²) < 4.78 is 0. The average molecular weight is 232 g/mol. The van der Waals surface area contributed by atoms with Gasteiger partial charge in [0.1, 0.15) is 0 Å². The van der Waals surface area contributed by atoms with Crippen LogP contribution < -0.4 is 18.9 Å². The van der Waals surface area contributed by atoms with Crippen LogP contribution in [0, 0.1) is 12.3 Å². The van der Waals surface area contributed by atoms with Crippen molar-refractivity contribution in [1.82, 2.24) is 0 Å². The first-order chi connectivity index (χ1) is 7.74. The Morgan fingerprint density at radius 3 is 1.29 bits per heavy atom. The van der Waals surface area contributed by atoms with Gasteiger partial charge >= 0.3 is 18.9 Å². The Kier molecular flexibility index (Phi) is 15.3. The third-order valence-electron chi connectivity index (χ3n) is 3.89. The molecular formula is C16H33Li. The first-order valence-corrected chi connectivity index (χ1v) is 7.54. The average Bonchev–Trinajstić information content (AvgIpc) is 2.31. The van der Waals surface area contributed by atoms with E-state index in [0.29, 0.717) is 5.41 Å². The van der Waals surface area contributed by atoms with E-state index >= 15 is 0 Å². The first kappa shape index (κ1) is 19.9. The van der Waals surface area contributed by atoms with Gasteiger partial charge in [-0.05, 0) is 24.7 Å². The van der Waals surface area contributed by atoms with Crippen LogP contribution in [-0.4, -0.2) is 0 Å². The van der Waals surface area contributed by atoms with Gasteiger partial charge in [-0.1, -0.05) is 65.7 Å². The minimum atomic E-state index is 0. The predicted molar refractivity (Wildman–Crippen MR) is 75.6 cm³/mol. The molecule has 0 aliphatic heterocycles. The zero-order valence-corrected chi connectivity index (χ0v) is 13.0. The standard InChI is InChI=1S/C16H33.Li/c1-5-9-13-16(12-8-4,14-10-6-2)15-11-7-3;/h4-15H2,1-3H3;/q-1;+1. The Hall–Kier alpha value is 0.597. The van der Waals surface area contributed by atoms with Gasteiger partial charge in [-0.2, -0.15) is 6.42 Å². The molecule has 0 amide bonds. The maximum absolute atomic E-state index is 4.09. The molecule has 0 spiro atoms. The van der Waals surface area contributed by atoms with E-state index in [1.165, 1.54) is 64.2 Å². The summed E-state index contributed by atoms with van der Waals surface area (Å²) in [6.07, 6.45) is 15.1. The molecule has 0 heterocycles. The molecule has 0 aromatic carbocycles. The van der Waals surface area contributed by atoms with Crippen molar-refractivity contribution in [3.05, 3.63) is 6.92 Å². The van der Waals surface area contributed by atoms with E-state index in [-0.39, 0.29) is 18.9 Å². The predicted octanol–water partition coefficient (Wildman–Crippen LogP) is 3.16. The van der Waals surface area contributed by atoms with Crippen molar-refractivity contribution < 1.29 is 18.9 Å². The molecule has 0 radical (unpaired) electrons. The van der Waals surface area contributed by atoms with Crippen molar-refractivity contribution in [1.29, 1.82) is 0 Å². The zero-order valence-electron chi connectivity index (χ0n) is 13.0. The van der Waals surface area contributed by atoms with Gasteiger partial charge in [0.15, 0.2) is 0 Å². The van der Waals surface area contributed by atoms with Crippen molar-refractivity contribution in [3.8, 4) is 0 Å². The van der Waals surface area contributed by atoms with Crippen LogP contribution in [0.4, 0.5) is 0 Å². The van der Waals surface area contributed by atoms with E-state index in [0.717, 1.165) is 6.42 Å². The second kappa shape index (κ2) is 13.0. The van der Waals surface area contributed by atoms with Crippen LogP contribution in [0.2, 0.25) is 0 Å². The minimum Gasteiger partial charge on any atom is -0.343 e. The van der Waals surface area contributed by atoms with Crippen LogP contribution in [0.3, 0.4) is 0 Å². The zero-order chi connectivity index (χ0) is 12.3. The largest absolute Gasteiger partial charge is 1.00 e. The van der Waals surface area contributed by atoms with Gasteiger partial charge in [0.05, 0.1) is 0 Å². The van der Waals surface area contributed by atoms with Crippen LogP contribution in [0.1, 0.15) is 91.4 Å². The fraction of sp³-hybridized carbons (Fsp3) is 0.938. The third kappa shape index (κ3) is 9.21. The normalized spacial score (nSPS) is 11.3. The Balaban J connectivity index is 0. The van der Waals surface area contributed by atoms with Crippen molar-refractivity contribution in [2.75, 3.05) is 0 Å². The summed E-state index contributed by atoms with van der Waals surface area (Å²) in [5.41, 5.74) is 0.643. The summed E-state index contributed by atoms with van der Waals surface area (Å²) in [4.78, 5) is 0. The van der Waals surface area contributed by atoms with Crippen molar-refractivity contribution >= 4 is 0 Å². The molecule has 98 valence electrons. The molecule has 0 N–H and O–H groups in total. The first-order valence-electron chi connectivity index (χ1n) is 7.54. The molecule has 0 aromatic heterocycles. The molecule has 0 aliphatic rings. The van der Waals surface area contributed by atoms with Gasteiger partial charge in [0, 0.05) is 0 Å². The Bertz CT molecular complexity index is 121. The fourth-order valence-electron chi connectivity index (χ4n) is 2.78. The Morgan fingerprint density at radius 2 is 1.06 bits per heavy atom. The molecule has 0 saturated carbocycles. The monoisotopic (exact) mass is 232 g/mol.